The number of ether oxygens (including phenoxy) is 1. The van der Waals surface area contributed by atoms with E-state index >= 15 is 0 Å². The molecule has 2 heterocycles. The van der Waals surface area contributed by atoms with Gasteiger partial charge in [-0.2, -0.15) is 23.1 Å². The van der Waals surface area contributed by atoms with Crippen molar-refractivity contribution in [1.82, 2.24) is 19.5 Å². The summed E-state index contributed by atoms with van der Waals surface area (Å²) in [5, 5.41) is 2.29. The van der Waals surface area contributed by atoms with Gasteiger partial charge in [0.05, 0.1) is 18.5 Å². The lowest BCUT2D eigenvalue weighted by Crippen LogP contribution is -2.15. The van der Waals surface area contributed by atoms with E-state index in [2.05, 4.69) is 20.3 Å². The number of imidazole rings is 1. The molecule has 0 bridgehead atoms. The highest BCUT2D eigenvalue weighted by Crippen LogP contribution is 2.30. The number of halogens is 4. The van der Waals surface area contributed by atoms with Crippen LogP contribution in [0.4, 0.5) is 29.5 Å². The highest BCUT2D eigenvalue weighted by atomic mass is 35.5. The number of nitrogens with one attached hydrogen (secondary N) is 1. The normalized spacial score (nSPS) is 11.6. The highest BCUT2D eigenvalue weighted by molar-refractivity contribution is 6.28. The quantitative estimate of drug-likeness (QED) is 0.452. The summed E-state index contributed by atoms with van der Waals surface area (Å²) in [5.41, 5.74) is 5.84. The number of unbranched alkanes of at least 4 members (excludes halogenated alkanes) is 1. The van der Waals surface area contributed by atoms with Crippen molar-refractivity contribution in [3.8, 4) is 0 Å². The number of amides is 1. The van der Waals surface area contributed by atoms with Gasteiger partial charge in [-0.05, 0) is 42.6 Å². The summed E-state index contributed by atoms with van der Waals surface area (Å²) in [4.78, 5) is 23.8. The molecule has 0 aliphatic carbocycles. The Bertz CT molecular complexity index is 1020. The monoisotopic (exact) mass is 428 g/mol. The van der Waals surface area contributed by atoms with E-state index in [0.717, 1.165) is 12.1 Å². The van der Waals surface area contributed by atoms with Crippen molar-refractivity contribution in [1.29, 1.82) is 0 Å². The Hall–Kier alpha value is -3.08. The third-order valence-electron chi connectivity index (χ3n) is 3.93. The maximum Gasteiger partial charge on any atom is 0.416 e. The van der Waals surface area contributed by atoms with Gasteiger partial charge in [-0.15, -0.1) is 0 Å². The summed E-state index contributed by atoms with van der Waals surface area (Å²) < 4.78 is 44.8. The molecular formula is C17H16ClF3N6O2. The van der Waals surface area contributed by atoms with E-state index in [-0.39, 0.29) is 23.4 Å². The fraction of sp³-hybridized carbons (Fsp3) is 0.294. The van der Waals surface area contributed by atoms with Gasteiger partial charge < -0.3 is 15.0 Å². The largest absolute Gasteiger partial charge is 0.449 e. The van der Waals surface area contributed by atoms with Gasteiger partial charge in [-0.1, -0.05) is 6.07 Å². The zero-order valence-electron chi connectivity index (χ0n) is 14.9. The molecule has 0 radical (unpaired) electrons. The fourth-order valence-corrected chi connectivity index (χ4v) is 2.75. The minimum absolute atomic E-state index is 0.00358. The number of aromatic nitrogens is 4. The number of aryl methyl sites for hydroxylation is 1. The number of nitrogen functional groups attached to an aromatic ring is 1. The number of hydrogen-bond donors (Lipinski definition) is 2. The summed E-state index contributed by atoms with van der Waals surface area (Å²) in [6, 6.07) is 4.31. The van der Waals surface area contributed by atoms with Gasteiger partial charge >= 0.3 is 12.3 Å². The van der Waals surface area contributed by atoms with Crippen LogP contribution in [0.15, 0.2) is 30.6 Å². The standard InChI is InChI=1S/C17H16ClF3N6O2/c18-15-25-13(22)12-14(26-15)27(9-23-12)6-1-2-7-29-16(28)24-11-5-3-4-10(8-11)17(19,20)21/h3-5,8-9H,1-2,6-7H2,(H,24,28)(H2,22,25,26). The minimum Gasteiger partial charge on any atom is -0.449 e. The van der Waals surface area contributed by atoms with Crippen LogP contribution >= 0.6 is 11.6 Å². The van der Waals surface area contributed by atoms with Crippen molar-refractivity contribution in [2.24, 2.45) is 0 Å². The van der Waals surface area contributed by atoms with E-state index in [1.165, 1.54) is 12.1 Å². The van der Waals surface area contributed by atoms with E-state index < -0.39 is 17.8 Å². The van der Waals surface area contributed by atoms with Crippen LogP contribution in [-0.2, 0) is 17.5 Å². The van der Waals surface area contributed by atoms with Crippen molar-refractivity contribution in [2.45, 2.75) is 25.6 Å². The molecule has 2 aromatic heterocycles. The smallest absolute Gasteiger partial charge is 0.416 e. The molecule has 0 atom stereocenters. The molecule has 0 fully saturated rings. The van der Waals surface area contributed by atoms with Crippen LogP contribution in [0.5, 0.6) is 0 Å². The number of anilines is 2. The molecule has 3 rings (SSSR count). The van der Waals surface area contributed by atoms with Crippen molar-refractivity contribution in [3.05, 3.63) is 41.4 Å². The maximum atomic E-state index is 12.7. The molecule has 0 aliphatic heterocycles. The number of rotatable bonds is 6. The number of benzene rings is 1. The van der Waals surface area contributed by atoms with Crippen molar-refractivity contribution >= 4 is 40.4 Å². The SMILES string of the molecule is Nc1nc(Cl)nc2c1ncn2CCCCOC(=O)Nc1cccc(C(F)(F)F)c1. The molecule has 154 valence electrons. The number of nitrogens with two attached hydrogens (primary N) is 1. The molecule has 1 amide bonds. The van der Waals surface area contributed by atoms with E-state index in [0.29, 0.717) is 30.6 Å². The van der Waals surface area contributed by atoms with Crippen LogP contribution in [0.2, 0.25) is 5.28 Å². The molecule has 3 N–H and O–H groups in total. The average Bonchev–Trinajstić information content (AvgIpc) is 3.04. The van der Waals surface area contributed by atoms with Gasteiger partial charge in [0, 0.05) is 12.2 Å². The molecule has 8 nitrogen and oxygen atoms in total. The lowest BCUT2D eigenvalue weighted by molar-refractivity contribution is -0.137. The van der Waals surface area contributed by atoms with Crippen LogP contribution in [0.3, 0.4) is 0 Å². The number of nitrogens with zero attached hydrogens (tertiary/aromatic N) is 4. The number of carbonyl (C=O) groups is 1. The topological polar surface area (TPSA) is 108 Å². The molecule has 12 heteroatoms. The van der Waals surface area contributed by atoms with Gasteiger partial charge in [0.2, 0.25) is 5.28 Å². The Kier molecular flexibility index (Phi) is 6.06. The first kappa shape index (κ1) is 20.6. The van der Waals surface area contributed by atoms with Crippen LogP contribution in [-0.4, -0.2) is 32.2 Å². The molecule has 0 spiro atoms. The van der Waals surface area contributed by atoms with Crippen LogP contribution in [0.25, 0.3) is 11.2 Å². The molecular weight excluding hydrogens is 413 g/mol. The van der Waals surface area contributed by atoms with Gasteiger partial charge in [-0.3, -0.25) is 5.32 Å². The first-order valence-corrected chi connectivity index (χ1v) is 8.87. The van der Waals surface area contributed by atoms with Crippen molar-refractivity contribution < 1.29 is 22.7 Å². The zero-order chi connectivity index (χ0) is 21.0. The van der Waals surface area contributed by atoms with Gasteiger partial charge in [0.15, 0.2) is 11.5 Å². The Morgan fingerprint density at radius 1 is 1.28 bits per heavy atom. The molecule has 29 heavy (non-hydrogen) atoms. The van der Waals surface area contributed by atoms with E-state index in [1.807, 2.05) is 0 Å². The third-order valence-corrected chi connectivity index (χ3v) is 4.10. The number of alkyl halides is 3. The van der Waals surface area contributed by atoms with Gasteiger partial charge in [-0.25, -0.2) is 9.78 Å². The van der Waals surface area contributed by atoms with Crippen LogP contribution < -0.4 is 11.1 Å². The molecule has 0 saturated heterocycles. The molecule has 0 aliphatic rings. The number of hydrogen-bond acceptors (Lipinski definition) is 6. The minimum atomic E-state index is -4.49. The average molecular weight is 429 g/mol. The van der Waals surface area contributed by atoms with E-state index in [1.54, 1.807) is 10.9 Å². The van der Waals surface area contributed by atoms with Crippen molar-refractivity contribution in [2.75, 3.05) is 17.7 Å². The maximum absolute atomic E-state index is 12.7. The Morgan fingerprint density at radius 3 is 2.83 bits per heavy atom. The first-order chi connectivity index (χ1) is 13.7. The predicted octanol–water partition coefficient (Wildman–Crippen LogP) is 4.11. The fourth-order valence-electron chi connectivity index (χ4n) is 2.58. The number of fused-ring (bicyclic) bond motifs is 1. The van der Waals surface area contributed by atoms with Crippen LogP contribution in [0.1, 0.15) is 18.4 Å². The summed E-state index contributed by atoms with van der Waals surface area (Å²) in [6.45, 7) is 0.622. The zero-order valence-corrected chi connectivity index (χ0v) is 15.7. The molecule has 3 aromatic rings. The molecule has 0 unspecified atom stereocenters. The third kappa shape index (κ3) is 5.25. The lowest BCUT2D eigenvalue weighted by Gasteiger charge is -2.10. The van der Waals surface area contributed by atoms with E-state index in [9.17, 15) is 18.0 Å². The van der Waals surface area contributed by atoms with Gasteiger partial charge in [0.25, 0.3) is 0 Å². The van der Waals surface area contributed by atoms with Gasteiger partial charge in [0.1, 0.15) is 5.52 Å². The summed E-state index contributed by atoms with van der Waals surface area (Å²) in [7, 11) is 0. The number of carbonyl (C=O) groups excluding carboxylic acids is 1. The Balaban J connectivity index is 1.45. The summed E-state index contributed by atoms with van der Waals surface area (Å²) in [6.07, 6.45) is -2.61. The van der Waals surface area contributed by atoms with Crippen LogP contribution in [0, 0.1) is 0 Å². The highest BCUT2D eigenvalue weighted by Gasteiger charge is 2.30. The Labute approximate surface area is 167 Å². The lowest BCUT2D eigenvalue weighted by atomic mass is 10.2. The van der Waals surface area contributed by atoms with E-state index in [4.69, 9.17) is 22.1 Å². The second kappa shape index (κ2) is 8.52. The predicted molar refractivity (Wildman–Crippen MR) is 100 cm³/mol. The molecule has 1 aromatic carbocycles. The molecule has 0 saturated carbocycles. The summed E-state index contributed by atoms with van der Waals surface area (Å²) in [5.74, 6) is 0.188. The summed E-state index contributed by atoms with van der Waals surface area (Å²) >= 11 is 5.80. The Morgan fingerprint density at radius 2 is 2.07 bits per heavy atom. The second-order valence-electron chi connectivity index (χ2n) is 6.03. The van der Waals surface area contributed by atoms with Crippen molar-refractivity contribution in [3.63, 3.8) is 0 Å². The second-order valence-corrected chi connectivity index (χ2v) is 6.37. The first-order valence-electron chi connectivity index (χ1n) is 8.49.